The van der Waals surface area contributed by atoms with Crippen molar-refractivity contribution in [2.75, 3.05) is 0 Å². The maximum Gasteiger partial charge on any atom is 0.237 e. The Balaban J connectivity index is 1.32. The topological polar surface area (TPSA) is 61.0 Å². The van der Waals surface area contributed by atoms with E-state index in [1.807, 2.05) is 0 Å². The number of nitriles is 1. The Morgan fingerprint density at radius 3 is 1.44 bits per heavy atom. The Hall–Kier alpha value is -11.1. The van der Waals surface area contributed by atoms with Crippen LogP contribution in [0, 0.1) is 17.9 Å². The van der Waals surface area contributed by atoms with Gasteiger partial charge in [0.05, 0.1) is 127 Å². The molecule has 0 saturated carbocycles. The standard InChI is InChI=1S/C72H40N6O/c1-74-67-69(75-57-30-11-4-22-47(57)48-23-5-12-31-58(48)75)56(42-73)70(76-59-32-13-6-24-49(59)50-25-7-14-33-60(50)76)72(71(67)77-61-34-15-8-26-51(61)52-27-9-16-35-62(52)77)78-63-41-44(46-29-18-20-43-19-2-3-21-45(43)46)37-38-53(63)54-39-40-65-66(68(54)78)55-28-10-17-36-64(55)79-65/h2-41H/i2D,3D,4D,5D,6D,7D,8D,9D,11D,12D,13D,14D,15D,16D,18D,19D,20D,21D,22D,23D,24D,25D,26D,27D,29D,30D,31D,32D,33D,34D,35D. The second-order valence-corrected chi connectivity index (χ2v) is 18.2. The van der Waals surface area contributed by atoms with Crippen molar-refractivity contribution in [3.63, 3.8) is 0 Å². The predicted molar refractivity (Wildman–Crippen MR) is 325 cm³/mol. The summed E-state index contributed by atoms with van der Waals surface area (Å²) in [6.07, 6.45) is 0. The molecule has 364 valence electrons. The summed E-state index contributed by atoms with van der Waals surface area (Å²) in [5, 5.41) is 8.74. The van der Waals surface area contributed by atoms with Gasteiger partial charge in [0, 0.05) is 48.5 Å². The Morgan fingerprint density at radius 2 is 0.886 bits per heavy atom. The zero-order valence-electron chi connectivity index (χ0n) is 70.8. The molecule has 0 unspecified atom stereocenters. The molecule has 5 heterocycles. The predicted octanol–water partition coefficient (Wildman–Crippen LogP) is 19.2. The lowest BCUT2D eigenvalue weighted by molar-refractivity contribution is 0.669. The quantitative estimate of drug-likeness (QED) is 0.161. The maximum atomic E-state index is 13.1. The van der Waals surface area contributed by atoms with E-state index in [0.717, 1.165) is 13.7 Å². The van der Waals surface area contributed by atoms with Crippen LogP contribution >= 0.6 is 0 Å². The van der Waals surface area contributed by atoms with Gasteiger partial charge < -0.3 is 22.7 Å². The first kappa shape index (κ1) is 23.0. The average molecular weight is 1040 g/mol. The molecule has 0 aliphatic heterocycles. The summed E-state index contributed by atoms with van der Waals surface area (Å²) in [5.41, 5.74) is -11.4. The van der Waals surface area contributed by atoms with Crippen LogP contribution in [0.1, 0.15) is 48.1 Å². The fraction of sp³-hybridized carbons (Fsp3) is 0. The van der Waals surface area contributed by atoms with E-state index in [4.69, 9.17) is 12.6 Å². The van der Waals surface area contributed by atoms with Gasteiger partial charge in [-0.05, 0) is 82.4 Å². The van der Waals surface area contributed by atoms with Crippen LogP contribution in [0.25, 0.3) is 159 Å². The number of furan rings is 1. The monoisotopic (exact) mass is 1040 g/mol. The molecule has 0 saturated heterocycles. The lowest BCUT2D eigenvalue weighted by atomic mass is 9.97. The van der Waals surface area contributed by atoms with Crippen molar-refractivity contribution in [1.82, 2.24) is 18.3 Å². The van der Waals surface area contributed by atoms with Gasteiger partial charge in [0.15, 0.2) is 0 Å². The number of para-hydroxylation sites is 7. The Bertz CT molecular complexity index is 7080. The van der Waals surface area contributed by atoms with Crippen LogP contribution in [-0.2, 0) is 0 Å². The second kappa shape index (κ2) is 16.2. The molecular weight excluding hydrogens is 965 g/mol. The largest absolute Gasteiger partial charge is 0.456 e. The smallest absolute Gasteiger partial charge is 0.237 e. The number of aromatic nitrogens is 4. The molecule has 17 rings (SSSR count). The lowest BCUT2D eigenvalue weighted by Crippen LogP contribution is -2.14. The van der Waals surface area contributed by atoms with Gasteiger partial charge in [-0.15, -0.1) is 0 Å². The molecule has 0 atom stereocenters. The number of nitrogens with zero attached hydrogens (tertiary/aromatic N) is 6. The summed E-state index contributed by atoms with van der Waals surface area (Å²) >= 11 is 0. The molecule has 0 amide bonds. The first-order valence-corrected chi connectivity index (χ1v) is 24.0. The number of fused-ring (bicyclic) bond motifs is 17. The lowest BCUT2D eigenvalue weighted by Gasteiger charge is -2.27. The normalized spacial score (nSPS) is 17.5. The van der Waals surface area contributed by atoms with Crippen molar-refractivity contribution in [3.8, 4) is 39.9 Å². The summed E-state index contributed by atoms with van der Waals surface area (Å²) < 4.78 is 305. The van der Waals surface area contributed by atoms with Crippen molar-refractivity contribution in [2.45, 2.75) is 0 Å². The summed E-state index contributed by atoms with van der Waals surface area (Å²) in [6, 6.07) is -13.9. The second-order valence-electron chi connectivity index (χ2n) is 18.2. The third kappa shape index (κ3) is 5.77. The molecule has 0 N–H and O–H groups in total. The fourth-order valence-corrected chi connectivity index (χ4v) is 11.4. The van der Waals surface area contributed by atoms with E-state index >= 15 is 0 Å². The molecule has 0 radical (unpaired) electrons. The van der Waals surface area contributed by atoms with E-state index in [1.54, 1.807) is 36.4 Å². The highest BCUT2D eigenvalue weighted by Crippen LogP contribution is 2.53. The number of benzene rings is 12. The Kier molecular flexibility index (Phi) is 4.72. The SMILES string of the molecule is [2H]c1c([2H])c([2H])c2c(-c3ccc4c5ccc6oc7ccccc7c6c5n(-c5c(-n6c7c([2H])c([2H])c([2H])c([2H])c7c7c([2H])c([2H])c([2H])c([2H])c76)c(C#N)c(-n6c7c([2H])c([2H])c([2H])c([2H])c7c7c([2H])c([2H])c([2H])c([2H])c76)c([N+]#[C-])c5-n5c6c([2H])c([2H])c([2H])c([2H])c6c6c([2H])c([2H])c([2H])c([2H])c65)c4c3)c([2H])c([2H])c([2H])c2c1[2H]. The van der Waals surface area contributed by atoms with Crippen molar-refractivity contribution in [2.24, 2.45) is 0 Å². The zero-order chi connectivity index (χ0) is 79.0. The highest BCUT2D eigenvalue weighted by atomic mass is 16.3. The Labute approximate surface area is 494 Å². The molecule has 7 heteroatoms. The highest BCUT2D eigenvalue weighted by Gasteiger charge is 2.35. The molecule has 17 aromatic rings. The number of rotatable bonds is 5. The minimum atomic E-state index is -1.09. The first-order chi connectivity index (χ1) is 52.0. The van der Waals surface area contributed by atoms with Gasteiger partial charge in [-0.25, -0.2) is 4.85 Å². The van der Waals surface area contributed by atoms with Crippen LogP contribution in [0.5, 0.6) is 0 Å². The van der Waals surface area contributed by atoms with Gasteiger partial charge in [-0.1, -0.05) is 181 Å². The van der Waals surface area contributed by atoms with Gasteiger partial charge in [-0.2, -0.15) is 5.26 Å². The van der Waals surface area contributed by atoms with E-state index in [-0.39, 0.29) is 49.3 Å². The maximum absolute atomic E-state index is 13.1. The van der Waals surface area contributed by atoms with Gasteiger partial charge in [0.25, 0.3) is 0 Å². The van der Waals surface area contributed by atoms with Gasteiger partial charge in [-0.3, -0.25) is 0 Å². The average Bonchev–Trinajstić information content (AvgIpc) is 1.49. The minimum absolute atomic E-state index is 0.0441. The molecule has 0 fully saturated rings. The van der Waals surface area contributed by atoms with E-state index in [9.17, 15) is 46.1 Å². The Morgan fingerprint density at radius 1 is 0.405 bits per heavy atom. The van der Waals surface area contributed by atoms with Gasteiger partial charge in [0.1, 0.15) is 17.2 Å². The molecule has 12 aromatic carbocycles. The molecule has 7 nitrogen and oxygen atoms in total. The van der Waals surface area contributed by atoms with Gasteiger partial charge in [0.2, 0.25) is 5.69 Å². The van der Waals surface area contributed by atoms with E-state index < -0.39 is 303 Å². The third-order valence-corrected chi connectivity index (χ3v) is 14.5. The van der Waals surface area contributed by atoms with Crippen molar-refractivity contribution in [3.05, 3.63) is 259 Å². The molecule has 5 aromatic heterocycles. The summed E-state index contributed by atoms with van der Waals surface area (Å²) in [5.74, 6) is 0. The van der Waals surface area contributed by atoms with Crippen molar-refractivity contribution < 1.29 is 46.9 Å². The molecule has 0 spiro atoms. The number of hydrogen-bond acceptors (Lipinski definition) is 2. The van der Waals surface area contributed by atoms with Crippen molar-refractivity contribution >= 4 is 126 Å². The van der Waals surface area contributed by atoms with E-state index in [1.165, 1.54) is 22.8 Å². The van der Waals surface area contributed by atoms with E-state index in [0.29, 0.717) is 0 Å². The molecule has 0 aliphatic rings. The summed E-state index contributed by atoms with van der Waals surface area (Å²) in [6.45, 7) is 10.0. The van der Waals surface area contributed by atoms with Crippen LogP contribution < -0.4 is 0 Å². The highest BCUT2D eigenvalue weighted by molar-refractivity contribution is 6.26. The molecule has 0 aliphatic carbocycles. The fourth-order valence-electron chi connectivity index (χ4n) is 11.4. The van der Waals surface area contributed by atoms with Crippen LogP contribution in [0.3, 0.4) is 0 Å². The van der Waals surface area contributed by atoms with Crippen LogP contribution in [0.4, 0.5) is 5.69 Å². The molecule has 79 heavy (non-hydrogen) atoms. The third-order valence-electron chi connectivity index (χ3n) is 14.5. The zero-order valence-corrected chi connectivity index (χ0v) is 39.8. The van der Waals surface area contributed by atoms with Crippen LogP contribution in [-0.4, -0.2) is 18.3 Å². The first-order valence-electron chi connectivity index (χ1n) is 39.5. The van der Waals surface area contributed by atoms with E-state index in [2.05, 4.69) is 10.9 Å². The van der Waals surface area contributed by atoms with Crippen molar-refractivity contribution in [1.29, 1.82) is 5.26 Å². The number of hydrogen-bond donors (Lipinski definition) is 0. The van der Waals surface area contributed by atoms with Crippen LogP contribution in [0.2, 0.25) is 0 Å². The molecule has 0 bridgehead atoms. The summed E-state index contributed by atoms with van der Waals surface area (Å²) in [7, 11) is 0. The minimum Gasteiger partial charge on any atom is -0.456 e. The van der Waals surface area contributed by atoms with Gasteiger partial charge >= 0.3 is 0 Å². The summed E-state index contributed by atoms with van der Waals surface area (Å²) in [4.78, 5) is 4.21. The molecular formula is C72H40N6O. The van der Waals surface area contributed by atoms with Crippen LogP contribution in [0.15, 0.2) is 246 Å².